The first-order valence-corrected chi connectivity index (χ1v) is 5.53. The van der Waals surface area contributed by atoms with Gasteiger partial charge in [0, 0.05) is 30.4 Å². The van der Waals surface area contributed by atoms with Gasteiger partial charge in [0.1, 0.15) is 0 Å². The molecule has 16 heavy (non-hydrogen) atoms. The van der Waals surface area contributed by atoms with E-state index in [1.165, 1.54) is 0 Å². The van der Waals surface area contributed by atoms with Crippen molar-refractivity contribution in [3.05, 3.63) is 29.8 Å². The largest absolute Gasteiger partial charge is 0.399 e. The summed E-state index contributed by atoms with van der Waals surface area (Å²) >= 11 is 0. The number of nitrogen functional groups attached to an aromatic ring is 1. The summed E-state index contributed by atoms with van der Waals surface area (Å²) in [5.74, 6) is 0.0951. The third-order valence-electron chi connectivity index (χ3n) is 3.04. The highest BCUT2D eigenvalue weighted by Gasteiger charge is 2.25. The number of benzene rings is 1. The van der Waals surface area contributed by atoms with Crippen molar-refractivity contribution in [1.82, 2.24) is 10.2 Å². The van der Waals surface area contributed by atoms with E-state index in [0.29, 0.717) is 17.3 Å². The topological polar surface area (TPSA) is 58.4 Å². The summed E-state index contributed by atoms with van der Waals surface area (Å²) < 4.78 is 0. The van der Waals surface area contributed by atoms with Crippen molar-refractivity contribution < 1.29 is 4.79 Å². The number of nitrogens with one attached hydrogen (secondary N) is 1. The molecule has 0 radical (unpaired) electrons. The van der Waals surface area contributed by atoms with Crippen LogP contribution in [0.15, 0.2) is 24.3 Å². The summed E-state index contributed by atoms with van der Waals surface area (Å²) in [6.07, 6.45) is 1.03. The number of rotatable bonds is 2. The highest BCUT2D eigenvalue weighted by Crippen LogP contribution is 2.14. The third kappa shape index (κ3) is 2.17. The average molecular weight is 219 g/mol. The molecule has 1 amide bonds. The Kier molecular flexibility index (Phi) is 3.10. The van der Waals surface area contributed by atoms with Gasteiger partial charge in [0.15, 0.2) is 0 Å². The molecular formula is C12H17N3O. The quantitative estimate of drug-likeness (QED) is 0.720. The maximum absolute atomic E-state index is 12.1. The molecular weight excluding hydrogens is 202 g/mol. The molecule has 1 aliphatic rings. The van der Waals surface area contributed by atoms with Crippen LogP contribution in [-0.4, -0.2) is 37.0 Å². The zero-order chi connectivity index (χ0) is 11.5. The number of carbonyl (C=O) groups is 1. The second kappa shape index (κ2) is 4.53. The number of anilines is 1. The van der Waals surface area contributed by atoms with Crippen molar-refractivity contribution in [3.8, 4) is 0 Å². The van der Waals surface area contributed by atoms with E-state index < -0.39 is 0 Å². The predicted octanol–water partition coefficient (Wildman–Crippen LogP) is 0.703. The molecule has 4 heteroatoms. The zero-order valence-corrected chi connectivity index (χ0v) is 9.44. The molecule has 1 heterocycles. The van der Waals surface area contributed by atoms with Gasteiger partial charge in [-0.15, -0.1) is 0 Å². The van der Waals surface area contributed by atoms with Crippen LogP contribution in [0, 0.1) is 0 Å². The fraction of sp³-hybridized carbons (Fsp3) is 0.417. The van der Waals surface area contributed by atoms with Crippen LogP contribution in [0.2, 0.25) is 0 Å². The predicted molar refractivity (Wildman–Crippen MR) is 64.2 cm³/mol. The molecule has 1 atom stereocenters. The molecule has 0 saturated carbocycles. The van der Waals surface area contributed by atoms with Crippen molar-refractivity contribution in [3.63, 3.8) is 0 Å². The molecule has 0 bridgehead atoms. The van der Waals surface area contributed by atoms with Crippen LogP contribution in [0.25, 0.3) is 0 Å². The molecule has 3 N–H and O–H groups in total. The first-order chi connectivity index (χ1) is 7.70. The van der Waals surface area contributed by atoms with Gasteiger partial charge in [-0.2, -0.15) is 0 Å². The van der Waals surface area contributed by atoms with E-state index in [1.807, 2.05) is 11.9 Å². The van der Waals surface area contributed by atoms with Gasteiger partial charge in [0.25, 0.3) is 5.91 Å². The van der Waals surface area contributed by atoms with Gasteiger partial charge in [-0.05, 0) is 37.7 Å². The number of amides is 1. The Morgan fingerprint density at radius 1 is 1.44 bits per heavy atom. The Morgan fingerprint density at radius 3 is 2.69 bits per heavy atom. The molecule has 2 rings (SSSR count). The number of nitrogens with zero attached hydrogens (tertiary/aromatic N) is 1. The van der Waals surface area contributed by atoms with Crippen molar-refractivity contribution in [1.29, 1.82) is 0 Å². The Bertz CT molecular complexity index is 374. The minimum absolute atomic E-state index is 0.0951. The summed E-state index contributed by atoms with van der Waals surface area (Å²) in [6.45, 7) is 1.62. The van der Waals surface area contributed by atoms with Crippen LogP contribution in [0.3, 0.4) is 0 Å². The van der Waals surface area contributed by atoms with Gasteiger partial charge < -0.3 is 16.0 Å². The van der Waals surface area contributed by atoms with E-state index in [9.17, 15) is 4.79 Å². The van der Waals surface area contributed by atoms with E-state index in [1.54, 1.807) is 24.3 Å². The fourth-order valence-electron chi connectivity index (χ4n) is 1.99. The normalized spacial score (nSPS) is 20.1. The Balaban J connectivity index is 2.05. The number of likely N-dealkylation sites (tertiary alicyclic amines) is 1. The standard InChI is InChI=1S/C12H17N3O/c1-14-11-6-7-15(8-11)12(16)9-2-4-10(13)5-3-9/h2-5,11,14H,6-8,13H2,1H3. The Labute approximate surface area is 95.4 Å². The second-order valence-corrected chi connectivity index (χ2v) is 4.15. The van der Waals surface area contributed by atoms with Crippen molar-refractivity contribution >= 4 is 11.6 Å². The number of hydrogen-bond donors (Lipinski definition) is 2. The Hall–Kier alpha value is -1.55. The van der Waals surface area contributed by atoms with E-state index in [2.05, 4.69) is 5.32 Å². The van der Waals surface area contributed by atoms with Gasteiger partial charge in [0.2, 0.25) is 0 Å². The average Bonchev–Trinajstić information content (AvgIpc) is 2.77. The maximum atomic E-state index is 12.1. The van der Waals surface area contributed by atoms with Crippen LogP contribution < -0.4 is 11.1 Å². The van der Waals surface area contributed by atoms with Crippen molar-refractivity contribution in [2.75, 3.05) is 25.9 Å². The molecule has 1 aromatic rings. The maximum Gasteiger partial charge on any atom is 0.253 e. The number of carbonyl (C=O) groups excluding carboxylic acids is 1. The lowest BCUT2D eigenvalue weighted by atomic mass is 10.2. The van der Waals surface area contributed by atoms with Gasteiger partial charge in [-0.3, -0.25) is 4.79 Å². The van der Waals surface area contributed by atoms with Gasteiger partial charge in [-0.25, -0.2) is 0 Å². The lowest BCUT2D eigenvalue weighted by molar-refractivity contribution is 0.0790. The highest BCUT2D eigenvalue weighted by atomic mass is 16.2. The molecule has 1 unspecified atom stereocenters. The molecule has 1 fully saturated rings. The first-order valence-electron chi connectivity index (χ1n) is 5.53. The Morgan fingerprint density at radius 2 is 2.12 bits per heavy atom. The van der Waals surface area contributed by atoms with Gasteiger partial charge in [0.05, 0.1) is 0 Å². The van der Waals surface area contributed by atoms with E-state index >= 15 is 0 Å². The van der Waals surface area contributed by atoms with Crippen LogP contribution in [-0.2, 0) is 0 Å². The van der Waals surface area contributed by atoms with Gasteiger partial charge in [-0.1, -0.05) is 0 Å². The van der Waals surface area contributed by atoms with Gasteiger partial charge >= 0.3 is 0 Å². The monoisotopic (exact) mass is 219 g/mol. The zero-order valence-electron chi connectivity index (χ0n) is 9.44. The molecule has 86 valence electrons. The summed E-state index contributed by atoms with van der Waals surface area (Å²) in [4.78, 5) is 14.0. The van der Waals surface area contributed by atoms with Crippen LogP contribution in [0.5, 0.6) is 0 Å². The smallest absolute Gasteiger partial charge is 0.253 e. The summed E-state index contributed by atoms with van der Waals surface area (Å²) in [7, 11) is 1.93. The van der Waals surface area contributed by atoms with Crippen molar-refractivity contribution in [2.45, 2.75) is 12.5 Å². The van der Waals surface area contributed by atoms with Crippen LogP contribution >= 0.6 is 0 Å². The molecule has 1 aromatic carbocycles. The van der Waals surface area contributed by atoms with Crippen molar-refractivity contribution in [2.24, 2.45) is 0 Å². The number of likely N-dealkylation sites (N-methyl/N-ethyl adjacent to an activating group) is 1. The van der Waals surface area contributed by atoms with Crippen LogP contribution in [0.4, 0.5) is 5.69 Å². The molecule has 4 nitrogen and oxygen atoms in total. The molecule has 1 aliphatic heterocycles. The lowest BCUT2D eigenvalue weighted by Crippen LogP contribution is -2.33. The number of hydrogen-bond acceptors (Lipinski definition) is 3. The third-order valence-corrected chi connectivity index (χ3v) is 3.04. The minimum Gasteiger partial charge on any atom is -0.399 e. The SMILES string of the molecule is CNC1CCN(C(=O)c2ccc(N)cc2)C1. The first kappa shape index (κ1) is 11.0. The molecule has 0 aliphatic carbocycles. The molecule has 0 aromatic heterocycles. The summed E-state index contributed by atoms with van der Waals surface area (Å²) in [6, 6.07) is 7.52. The second-order valence-electron chi connectivity index (χ2n) is 4.15. The molecule has 1 saturated heterocycles. The highest BCUT2D eigenvalue weighted by molar-refractivity contribution is 5.94. The number of nitrogens with two attached hydrogens (primary N) is 1. The lowest BCUT2D eigenvalue weighted by Gasteiger charge is -2.16. The fourth-order valence-corrected chi connectivity index (χ4v) is 1.99. The van der Waals surface area contributed by atoms with E-state index in [0.717, 1.165) is 19.5 Å². The van der Waals surface area contributed by atoms with E-state index in [4.69, 9.17) is 5.73 Å². The molecule has 0 spiro atoms. The van der Waals surface area contributed by atoms with E-state index in [-0.39, 0.29) is 5.91 Å². The van der Waals surface area contributed by atoms with Crippen LogP contribution in [0.1, 0.15) is 16.8 Å². The summed E-state index contributed by atoms with van der Waals surface area (Å²) in [5, 5.41) is 3.20. The summed E-state index contributed by atoms with van der Waals surface area (Å²) in [5.41, 5.74) is 6.99. The minimum atomic E-state index is 0.0951.